The third-order valence-corrected chi connectivity index (χ3v) is 5.98. The van der Waals surface area contributed by atoms with Crippen LogP contribution in [0.3, 0.4) is 0 Å². The average Bonchev–Trinajstić information content (AvgIpc) is 3.24. The molecule has 5 aromatic rings. The van der Waals surface area contributed by atoms with Crippen molar-refractivity contribution in [1.82, 2.24) is 23.9 Å². The second-order valence-electron chi connectivity index (χ2n) is 8.84. The van der Waals surface area contributed by atoms with Crippen molar-refractivity contribution in [2.45, 2.75) is 26.1 Å². The lowest BCUT2D eigenvalue weighted by Gasteiger charge is -2.12. The molecule has 3 aromatic heterocycles. The Morgan fingerprint density at radius 1 is 0.972 bits per heavy atom. The molecular formula is C27H27N7O2. The van der Waals surface area contributed by atoms with E-state index in [-0.39, 0.29) is 12.6 Å². The Bertz CT molecular complexity index is 1620. The van der Waals surface area contributed by atoms with Crippen LogP contribution < -0.4 is 22.3 Å². The van der Waals surface area contributed by atoms with Gasteiger partial charge in [-0.1, -0.05) is 48.5 Å². The molecule has 0 amide bonds. The van der Waals surface area contributed by atoms with Crippen LogP contribution in [0.4, 0.5) is 11.5 Å². The molecule has 0 radical (unpaired) electrons. The maximum atomic E-state index is 13.3. The van der Waals surface area contributed by atoms with E-state index in [4.69, 9.17) is 10.8 Å². The van der Waals surface area contributed by atoms with Crippen molar-refractivity contribution in [3.05, 3.63) is 105 Å². The molecule has 0 aliphatic carbocycles. The van der Waals surface area contributed by atoms with Crippen LogP contribution in [0, 0.1) is 0 Å². The van der Waals surface area contributed by atoms with Gasteiger partial charge < -0.3 is 11.1 Å². The number of anilines is 2. The third kappa shape index (κ3) is 4.44. The molecule has 0 spiro atoms. The van der Waals surface area contributed by atoms with Gasteiger partial charge in [0.15, 0.2) is 5.65 Å². The molecule has 1 unspecified atom stereocenters. The monoisotopic (exact) mass is 481 g/mol. The molecule has 1 atom stereocenters. The van der Waals surface area contributed by atoms with Crippen molar-refractivity contribution in [2.75, 3.05) is 5.32 Å². The van der Waals surface area contributed by atoms with E-state index < -0.39 is 11.2 Å². The van der Waals surface area contributed by atoms with Crippen molar-refractivity contribution >= 4 is 22.5 Å². The molecule has 5 rings (SSSR count). The van der Waals surface area contributed by atoms with Crippen LogP contribution in [0.25, 0.3) is 22.3 Å². The second-order valence-corrected chi connectivity index (χ2v) is 8.84. The number of hydrogen-bond donors (Lipinski definition) is 2. The first kappa shape index (κ1) is 23.3. The fourth-order valence-corrected chi connectivity index (χ4v) is 4.20. The van der Waals surface area contributed by atoms with Crippen LogP contribution in [0.2, 0.25) is 0 Å². The Kier molecular flexibility index (Phi) is 6.22. The Morgan fingerprint density at radius 3 is 2.36 bits per heavy atom. The van der Waals surface area contributed by atoms with E-state index in [1.54, 1.807) is 10.9 Å². The normalized spacial score (nSPS) is 12.1. The quantitative estimate of drug-likeness (QED) is 0.369. The highest BCUT2D eigenvalue weighted by atomic mass is 16.2. The summed E-state index contributed by atoms with van der Waals surface area (Å²) in [4.78, 5) is 30.6. The van der Waals surface area contributed by atoms with Crippen molar-refractivity contribution < 1.29 is 0 Å². The number of rotatable bonds is 7. The van der Waals surface area contributed by atoms with E-state index in [1.807, 2.05) is 79.7 Å². The van der Waals surface area contributed by atoms with Crippen LogP contribution in [0.15, 0.2) is 88.6 Å². The van der Waals surface area contributed by atoms with E-state index >= 15 is 0 Å². The molecule has 0 fully saturated rings. The number of aromatic nitrogens is 5. The number of pyridine rings is 1. The molecule has 2 aromatic carbocycles. The molecule has 0 aliphatic rings. The second kappa shape index (κ2) is 9.63. The van der Waals surface area contributed by atoms with Gasteiger partial charge >= 0.3 is 5.69 Å². The molecule has 3 heterocycles. The fraction of sp³-hybridized carbons (Fsp3) is 0.185. The Morgan fingerprint density at radius 2 is 1.69 bits per heavy atom. The lowest BCUT2D eigenvalue weighted by Crippen LogP contribution is -2.40. The first-order valence-corrected chi connectivity index (χ1v) is 11.7. The van der Waals surface area contributed by atoms with Crippen molar-refractivity contribution in [2.24, 2.45) is 12.8 Å². The van der Waals surface area contributed by atoms with Gasteiger partial charge in [0.1, 0.15) is 11.2 Å². The van der Waals surface area contributed by atoms with Gasteiger partial charge in [0.25, 0.3) is 5.56 Å². The number of nitrogens with two attached hydrogens (primary N) is 1. The minimum atomic E-state index is -0.444. The molecule has 3 N–H and O–H groups in total. The van der Waals surface area contributed by atoms with Gasteiger partial charge in [-0.15, -0.1) is 0 Å². The molecule has 0 bridgehead atoms. The molecule has 0 aliphatic heterocycles. The van der Waals surface area contributed by atoms with Crippen molar-refractivity contribution in [3.8, 4) is 11.3 Å². The van der Waals surface area contributed by atoms with Gasteiger partial charge in [0.05, 0.1) is 12.2 Å². The number of hydrogen-bond acceptors (Lipinski definition) is 6. The molecular weight excluding hydrogens is 454 g/mol. The van der Waals surface area contributed by atoms with E-state index in [9.17, 15) is 9.59 Å². The fourth-order valence-electron chi connectivity index (χ4n) is 4.20. The number of para-hydroxylation sites is 1. The van der Waals surface area contributed by atoms with E-state index in [0.717, 1.165) is 27.1 Å². The number of benzene rings is 2. The zero-order chi connectivity index (χ0) is 25.2. The van der Waals surface area contributed by atoms with Crippen LogP contribution in [0.1, 0.15) is 12.5 Å². The van der Waals surface area contributed by atoms with Crippen LogP contribution >= 0.6 is 0 Å². The summed E-state index contributed by atoms with van der Waals surface area (Å²) in [5, 5.41) is 8.43. The summed E-state index contributed by atoms with van der Waals surface area (Å²) in [5.41, 5.74) is 9.16. The van der Waals surface area contributed by atoms with Gasteiger partial charge in [-0.25, -0.2) is 9.48 Å². The third-order valence-electron chi connectivity index (χ3n) is 5.98. The highest BCUT2D eigenvalue weighted by Gasteiger charge is 2.22. The van der Waals surface area contributed by atoms with Gasteiger partial charge in [0.2, 0.25) is 0 Å². The summed E-state index contributed by atoms with van der Waals surface area (Å²) in [6, 6.07) is 23.1. The molecule has 9 nitrogen and oxygen atoms in total. The summed E-state index contributed by atoms with van der Waals surface area (Å²) >= 11 is 0. The SMILES string of the molecule is CC(N)Cn1c(=O)n(C)c(=O)c2c(Nc3ccccc3)n(Cc3ccc(-c4ccccn4)cc3)nc21. The zero-order valence-electron chi connectivity index (χ0n) is 20.1. The lowest BCUT2D eigenvalue weighted by molar-refractivity contribution is 0.550. The lowest BCUT2D eigenvalue weighted by atomic mass is 10.1. The minimum Gasteiger partial charge on any atom is -0.340 e. The first-order chi connectivity index (χ1) is 17.4. The predicted octanol–water partition coefficient (Wildman–Crippen LogP) is 3.10. The smallest absolute Gasteiger partial charge is 0.332 e. The van der Waals surface area contributed by atoms with E-state index in [1.165, 1.54) is 11.6 Å². The zero-order valence-corrected chi connectivity index (χ0v) is 20.1. The first-order valence-electron chi connectivity index (χ1n) is 11.7. The number of nitrogens with zero attached hydrogens (tertiary/aromatic N) is 5. The van der Waals surface area contributed by atoms with Crippen LogP contribution in [-0.2, 0) is 20.1 Å². The average molecular weight is 482 g/mol. The Hall–Kier alpha value is -4.50. The Labute approximate surface area is 207 Å². The van der Waals surface area contributed by atoms with Crippen molar-refractivity contribution in [3.63, 3.8) is 0 Å². The van der Waals surface area contributed by atoms with Crippen LogP contribution in [-0.4, -0.2) is 29.9 Å². The van der Waals surface area contributed by atoms with Gasteiger partial charge in [0, 0.05) is 37.1 Å². The largest absolute Gasteiger partial charge is 0.340 e. The van der Waals surface area contributed by atoms with E-state index in [2.05, 4.69) is 10.3 Å². The molecule has 9 heteroatoms. The highest BCUT2D eigenvalue weighted by molar-refractivity contribution is 5.89. The van der Waals surface area contributed by atoms with Crippen LogP contribution in [0.5, 0.6) is 0 Å². The summed E-state index contributed by atoms with van der Waals surface area (Å²) in [7, 11) is 1.47. The highest BCUT2D eigenvalue weighted by Crippen LogP contribution is 2.25. The molecule has 182 valence electrons. The summed E-state index contributed by atoms with van der Waals surface area (Å²) in [5.74, 6) is 0.518. The molecule has 0 saturated carbocycles. The molecule has 36 heavy (non-hydrogen) atoms. The summed E-state index contributed by atoms with van der Waals surface area (Å²) in [6.07, 6.45) is 1.77. The standard InChI is InChI=1S/C27H27N7O2/c1-18(28)16-33-25-23(26(35)32(2)27(33)36)24(30-21-8-4-3-5-9-21)34(31-25)17-19-11-13-20(14-12-19)22-10-6-7-15-29-22/h3-15,18,30H,16-17,28H2,1-2H3. The van der Waals surface area contributed by atoms with E-state index in [0.29, 0.717) is 23.4 Å². The van der Waals surface area contributed by atoms with Crippen molar-refractivity contribution in [1.29, 1.82) is 0 Å². The summed E-state index contributed by atoms with van der Waals surface area (Å²) in [6.45, 7) is 2.44. The predicted molar refractivity (Wildman–Crippen MR) is 141 cm³/mol. The van der Waals surface area contributed by atoms with Gasteiger partial charge in [-0.2, -0.15) is 5.10 Å². The van der Waals surface area contributed by atoms with Gasteiger partial charge in [-0.3, -0.25) is 18.9 Å². The maximum absolute atomic E-state index is 13.3. The maximum Gasteiger partial charge on any atom is 0.332 e. The topological polar surface area (TPSA) is 113 Å². The minimum absolute atomic E-state index is 0.240. The molecule has 0 saturated heterocycles. The van der Waals surface area contributed by atoms with Gasteiger partial charge in [-0.05, 0) is 36.8 Å². The summed E-state index contributed by atoms with van der Waals surface area (Å²) < 4.78 is 4.30. The number of fused-ring (bicyclic) bond motifs is 1. The number of nitrogens with one attached hydrogen (secondary N) is 1. The Balaban J connectivity index is 1.64.